The van der Waals surface area contributed by atoms with Crippen LogP contribution in [0.5, 0.6) is 0 Å². The van der Waals surface area contributed by atoms with E-state index in [-0.39, 0.29) is 18.5 Å². The average molecular weight is 368 g/mol. The number of halogens is 1. The van der Waals surface area contributed by atoms with Gasteiger partial charge in [0.1, 0.15) is 5.82 Å². The summed E-state index contributed by atoms with van der Waals surface area (Å²) in [4.78, 5) is 13.1. The van der Waals surface area contributed by atoms with E-state index in [0.29, 0.717) is 30.0 Å². The normalized spacial score (nSPS) is 11.7. The number of hydrogen-bond donors (Lipinski definition) is 4. The Balaban J connectivity index is 1.88. The molecule has 4 N–H and O–H groups in total. The van der Waals surface area contributed by atoms with Crippen molar-refractivity contribution in [2.75, 3.05) is 22.6 Å². The molecule has 8 heteroatoms. The van der Waals surface area contributed by atoms with Gasteiger partial charge < -0.3 is 21.1 Å². The van der Waals surface area contributed by atoms with Gasteiger partial charge in [-0.2, -0.15) is 15.0 Å². The average Bonchev–Trinajstić information content (AvgIpc) is 2.68. The minimum Gasteiger partial charge on any atom is -0.394 e. The standard InChI is InChI=1S/C19H21FN6O/c1-2-14(12-27)21-17-24-18(22-15-6-4-3-5-7-15)26-19(25-17)23-16-10-8-13(20)9-11-16/h3-11,14,27H,2,12H2,1H3,(H3,21,22,23,24,25,26)/t14-/m0/s1. The van der Waals surface area contributed by atoms with Crippen LogP contribution < -0.4 is 16.0 Å². The molecule has 7 nitrogen and oxygen atoms in total. The summed E-state index contributed by atoms with van der Waals surface area (Å²) in [6, 6.07) is 15.2. The third-order valence-corrected chi connectivity index (χ3v) is 3.81. The Morgan fingerprint density at radius 3 is 1.96 bits per heavy atom. The molecule has 0 amide bonds. The van der Waals surface area contributed by atoms with Gasteiger partial charge in [0.15, 0.2) is 0 Å². The van der Waals surface area contributed by atoms with Crippen LogP contribution in [0.2, 0.25) is 0 Å². The zero-order chi connectivity index (χ0) is 19.1. The van der Waals surface area contributed by atoms with Crippen molar-refractivity contribution in [1.29, 1.82) is 0 Å². The Kier molecular flexibility index (Phi) is 6.11. The van der Waals surface area contributed by atoms with E-state index in [2.05, 4.69) is 30.9 Å². The lowest BCUT2D eigenvalue weighted by Gasteiger charge is -2.16. The molecule has 0 radical (unpaired) electrons. The van der Waals surface area contributed by atoms with Gasteiger partial charge in [0.25, 0.3) is 0 Å². The molecule has 0 aliphatic heterocycles. The van der Waals surface area contributed by atoms with E-state index in [0.717, 1.165) is 5.69 Å². The van der Waals surface area contributed by atoms with Crippen molar-refractivity contribution in [3.05, 3.63) is 60.4 Å². The maximum Gasteiger partial charge on any atom is 0.233 e. The molecule has 2 aromatic carbocycles. The van der Waals surface area contributed by atoms with Crippen molar-refractivity contribution >= 4 is 29.2 Å². The van der Waals surface area contributed by atoms with E-state index < -0.39 is 0 Å². The molecule has 1 atom stereocenters. The van der Waals surface area contributed by atoms with Gasteiger partial charge >= 0.3 is 0 Å². The zero-order valence-electron chi connectivity index (χ0n) is 14.9. The van der Waals surface area contributed by atoms with Gasteiger partial charge in [-0.05, 0) is 42.8 Å². The second-order valence-electron chi connectivity index (χ2n) is 5.86. The number of hydrogen-bond acceptors (Lipinski definition) is 7. The first-order valence-corrected chi connectivity index (χ1v) is 8.64. The molecule has 27 heavy (non-hydrogen) atoms. The summed E-state index contributed by atoms with van der Waals surface area (Å²) in [5.74, 6) is 0.647. The van der Waals surface area contributed by atoms with Gasteiger partial charge in [0, 0.05) is 11.4 Å². The maximum atomic E-state index is 13.1. The van der Waals surface area contributed by atoms with E-state index in [1.807, 2.05) is 37.3 Å². The molecule has 3 rings (SSSR count). The number of anilines is 5. The number of para-hydroxylation sites is 1. The van der Waals surface area contributed by atoms with Crippen molar-refractivity contribution in [2.24, 2.45) is 0 Å². The molecule has 1 heterocycles. The largest absolute Gasteiger partial charge is 0.394 e. The Hall–Kier alpha value is -3.26. The lowest BCUT2D eigenvalue weighted by molar-refractivity contribution is 0.271. The van der Waals surface area contributed by atoms with E-state index in [1.54, 1.807) is 12.1 Å². The first-order valence-electron chi connectivity index (χ1n) is 8.64. The molecule has 0 unspecified atom stereocenters. The van der Waals surface area contributed by atoms with Crippen LogP contribution in [0.25, 0.3) is 0 Å². The Morgan fingerprint density at radius 1 is 0.852 bits per heavy atom. The molecule has 3 aromatic rings. The van der Waals surface area contributed by atoms with Crippen LogP contribution in [0, 0.1) is 5.82 Å². The molecular formula is C19H21FN6O. The topological polar surface area (TPSA) is 95.0 Å². The monoisotopic (exact) mass is 368 g/mol. The fourth-order valence-electron chi connectivity index (χ4n) is 2.32. The number of rotatable bonds is 8. The predicted molar refractivity (Wildman–Crippen MR) is 104 cm³/mol. The van der Waals surface area contributed by atoms with Crippen LogP contribution in [0.1, 0.15) is 13.3 Å². The number of aliphatic hydroxyl groups is 1. The fourth-order valence-corrected chi connectivity index (χ4v) is 2.32. The molecule has 1 aromatic heterocycles. The van der Waals surface area contributed by atoms with Gasteiger partial charge in [-0.25, -0.2) is 4.39 Å². The highest BCUT2D eigenvalue weighted by Crippen LogP contribution is 2.19. The number of benzene rings is 2. The van der Waals surface area contributed by atoms with Crippen LogP contribution in [0.15, 0.2) is 54.6 Å². The van der Waals surface area contributed by atoms with Crippen LogP contribution >= 0.6 is 0 Å². The second-order valence-corrected chi connectivity index (χ2v) is 5.86. The fraction of sp³-hybridized carbons (Fsp3) is 0.211. The van der Waals surface area contributed by atoms with Gasteiger partial charge in [0.2, 0.25) is 17.8 Å². The van der Waals surface area contributed by atoms with E-state index in [9.17, 15) is 9.50 Å². The summed E-state index contributed by atoms with van der Waals surface area (Å²) in [7, 11) is 0. The summed E-state index contributed by atoms with van der Waals surface area (Å²) < 4.78 is 13.1. The quantitative estimate of drug-likeness (QED) is 0.482. The Bertz CT molecular complexity index is 856. The summed E-state index contributed by atoms with van der Waals surface area (Å²) in [5, 5.41) is 18.7. The summed E-state index contributed by atoms with van der Waals surface area (Å²) in [6.45, 7) is 1.92. The molecule has 0 aliphatic rings. The number of nitrogens with zero attached hydrogens (tertiary/aromatic N) is 3. The van der Waals surface area contributed by atoms with Crippen molar-refractivity contribution in [2.45, 2.75) is 19.4 Å². The van der Waals surface area contributed by atoms with Crippen molar-refractivity contribution in [3.63, 3.8) is 0 Å². The smallest absolute Gasteiger partial charge is 0.233 e. The van der Waals surface area contributed by atoms with Crippen molar-refractivity contribution in [1.82, 2.24) is 15.0 Å². The summed E-state index contributed by atoms with van der Waals surface area (Å²) >= 11 is 0. The van der Waals surface area contributed by atoms with E-state index in [1.165, 1.54) is 12.1 Å². The second kappa shape index (κ2) is 8.91. The summed E-state index contributed by atoms with van der Waals surface area (Å²) in [6.07, 6.45) is 0.713. The first kappa shape index (κ1) is 18.5. The Labute approximate surface area is 156 Å². The van der Waals surface area contributed by atoms with Gasteiger partial charge in [-0.3, -0.25) is 0 Å². The van der Waals surface area contributed by atoms with E-state index >= 15 is 0 Å². The first-order chi connectivity index (χ1) is 13.2. The van der Waals surface area contributed by atoms with Crippen LogP contribution in [-0.4, -0.2) is 32.7 Å². The van der Waals surface area contributed by atoms with Crippen molar-refractivity contribution in [3.8, 4) is 0 Å². The highest BCUT2D eigenvalue weighted by molar-refractivity contribution is 5.59. The zero-order valence-corrected chi connectivity index (χ0v) is 14.9. The number of aromatic nitrogens is 3. The molecule has 0 fully saturated rings. The lowest BCUT2D eigenvalue weighted by atomic mass is 10.2. The minimum absolute atomic E-state index is 0.0373. The van der Waals surface area contributed by atoms with Crippen molar-refractivity contribution < 1.29 is 9.50 Å². The summed E-state index contributed by atoms with van der Waals surface area (Å²) in [5.41, 5.74) is 1.48. The molecule has 0 aliphatic carbocycles. The predicted octanol–water partition coefficient (Wildman–Crippen LogP) is 3.68. The third-order valence-electron chi connectivity index (χ3n) is 3.81. The van der Waals surface area contributed by atoms with E-state index in [4.69, 9.17) is 0 Å². The highest BCUT2D eigenvalue weighted by Gasteiger charge is 2.11. The lowest BCUT2D eigenvalue weighted by Crippen LogP contribution is -2.24. The SMILES string of the molecule is CC[C@@H](CO)Nc1nc(Nc2ccccc2)nc(Nc2ccc(F)cc2)n1. The molecule has 0 saturated heterocycles. The third kappa shape index (κ3) is 5.35. The van der Waals surface area contributed by atoms with Crippen LogP contribution in [0.4, 0.5) is 33.6 Å². The maximum absolute atomic E-state index is 13.1. The molecule has 0 spiro atoms. The Morgan fingerprint density at radius 2 is 1.41 bits per heavy atom. The molecule has 140 valence electrons. The molecule has 0 bridgehead atoms. The highest BCUT2D eigenvalue weighted by atomic mass is 19.1. The van der Waals surface area contributed by atoms with Gasteiger partial charge in [-0.15, -0.1) is 0 Å². The molecular weight excluding hydrogens is 347 g/mol. The van der Waals surface area contributed by atoms with Gasteiger partial charge in [-0.1, -0.05) is 25.1 Å². The minimum atomic E-state index is -0.321. The van der Waals surface area contributed by atoms with Gasteiger partial charge in [0.05, 0.1) is 12.6 Å². The number of nitrogens with one attached hydrogen (secondary N) is 3. The van der Waals surface area contributed by atoms with Crippen LogP contribution in [-0.2, 0) is 0 Å². The molecule has 0 saturated carbocycles. The number of aliphatic hydroxyl groups excluding tert-OH is 1. The van der Waals surface area contributed by atoms with Crippen LogP contribution in [0.3, 0.4) is 0 Å².